The number of hydrogen-bond donors (Lipinski definition) is 1. The highest BCUT2D eigenvalue weighted by atomic mass is 19.1. The first-order valence-corrected chi connectivity index (χ1v) is 6.04. The number of anilines is 2. The number of benzene rings is 1. The number of halogens is 1. The topological polar surface area (TPSA) is 49.4 Å². The smallest absolute Gasteiger partial charge is 0.296 e. The maximum Gasteiger partial charge on any atom is 0.296 e. The second-order valence-corrected chi connectivity index (χ2v) is 4.82. The monoisotopic (exact) mass is 248 g/mol. The Morgan fingerprint density at radius 2 is 2.17 bits per heavy atom. The molecule has 0 bridgehead atoms. The third kappa shape index (κ3) is 1.50. The van der Waals surface area contributed by atoms with Gasteiger partial charge in [-0.15, -0.1) is 0 Å². The van der Waals surface area contributed by atoms with E-state index in [0.717, 1.165) is 25.5 Å². The van der Waals surface area contributed by atoms with E-state index in [1.807, 2.05) is 11.8 Å². The summed E-state index contributed by atoms with van der Waals surface area (Å²) in [6.45, 7) is 2.85. The maximum atomic E-state index is 14.0. The molecule has 5 heteroatoms. The van der Waals surface area contributed by atoms with Gasteiger partial charge in [-0.3, -0.25) is 9.59 Å². The van der Waals surface area contributed by atoms with Crippen molar-refractivity contribution in [2.45, 2.75) is 25.8 Å². The van der Waals surface area contributed by atoms with Gasteiger partial charge in [0.1, 0.15) is 5.82 Å². The minimum Gasteiger partial charge on any atom is -0.366 e. The summed E-state index contributed by atoms with van der Waals surface area (Å²) in [7, 11) is 0. The van der Waals surface area contributed by atoms with Crippen molar-refractivity contribution in [1.29, 1.82) is 0 Å². The van der Waals surface area contributed by atoms with Crippen LogP contribution in [0.3, 0.4) is 0 Å². The second kappa shape index (κ2) is 3.80. The van der Waals surface area contributed by atoms with E-state index in [2.05, 4.69) is 5.32 Å². The van der Waals surface area contributed by atoms with E-state index >= 15 is 0 Å². The lowest BCUT2D eigenvalue weighted by Gasteiger charge is -2.24. The van der Waals surface area contributed by atoms with Crippen LogP contribution in [-0.4, -0.2) is 24.3 Å². The third-order valence-corrected chi connectivity index (χ3v) is 3.65. The van der Waals surface area contributed by atoms with E-state index in [1.165, 1.54) is 0 Å². The molecule has 0 saturated carbocycles. The summed E-state index contributed by atoms with van der Waals surface area (Å²) in [6, 6.07) is 3.01. The van der Waals surface area contributed by atoms with Crippen LogP contribution in [0, 0.1) is 5.82 Å². The van der Waals surface area contributed by atoms with Crippen LogP contribution in [0.15, 0.2) is 12.1 Å². The molecule has 1 unspecified atom stereocenters. The van der Waals surface area contributed by atoms with Gasteiger partial charge in [0.25, 0.3) is 11.7 Å². The molecule has 0 aromatic heterocycles. The van der Waals surface area contributed by atoms with Gasteiger partial charge in [0, 0.05) is 12.6 Å². The van der Waals surface area contributed by atoms with E-state index in [4.69, 9.17) is 0 Å². The normalized spacial score (nSPS) is 22.3. The zero-order chi connectivity index (χ0) is 12.9. The van der Waals surface area contributed by atoms with E-state index in [9.17, 15) is 14.0 Å². The Labute approximate surface area is 104 Å². The number of hydrogen-bond acceptors (Lipinski definition) is 3. The molecule has 1 amide bonds. The van der Waals surface area contributed by atoms with E-state index < -0.39 is 17.5 Å². The number of carbonyl (C=O) groups excluding carboxylic acids is 2. The third-order valence-electron chi connectivity index (χ3n) is 3.65. The van der Waals surface area contributed by atoms with Crippen LogP contribution >= 0.6 is 0 Å². The number of amides is 1. The Balaban J connectivity index is 2.06. The number of fused-ring (bicyclic) bond motifs is 1. The van der Waals surface area contributed by atoms with Crippen molar-refractivity contribution in [2.24, 2.45) is 0 Å². The van der Waals surface area contributed by atoms with Crippen molar-refractivity contribution in [1.82, 2.24) is 0 Å². The number of nitrogens with zero attached hydrogens (tertiary/aromatic N) is 1. The van der Waals surface area contributed by atoms with Crippen LogP contribution in [0.2, 0.25) is 0 Å². The minimum atomic E-state index is -0.684. The SMILES string of the molecule is CC1CCCN1c1cc2c(cc1F)C(=O)C(=O)N2. The molecule has 2 aliphatic heterocycles. The van der Waals surface area contributed by atoms with Gasteiger partial charge in [-0.2, -0.15) is 0 Å². The largest absolute Gasteiger partial charge is 0.366 e. The summed E-state index contributed by atoms with van der Waals surface area (Å²) < 4.78 is 14.0. The summed E-state index contributed by atoms with van der Waals surface area (Å²) in [4.78, 5) is 24.7. The van der Waals surface area contributed by atoms with Crippen molar-refractivity contribution in [3.63, 3.8) is 0 Å². The molecule has 1 N–H and O–H groups in total. The molecule has 1 aromatic rings. The summed E-state index contributed by atoms with van der Waals surface area (Å²) in [5.41, 5.74) is 1.02. The molecular formula is C13H13FN2O2. The molecule has 94 valence electrons. The first kappa shape index (κ1) is 11.2. The van der Waals surface area contributed by atoms with E-state index in [-0.39, 0.29) is 11.6 Å². The van der Waals surface area contributed by atoms with Gasteiger partial charge in [0.05, 0.1) is 16.9 Å². The van der Waals surface area contributed by atoms with Crippen LogP contribution < -0.4 is 10.2 Å². The summed E-state index contributed by atoms with van der Waals surface area (Å²) in [6.07, 6.45) is 2.06. The first-order valence-electron chi connectivity index (χ1n) is 6.04. The molecule has 1 fully saturated rings. The highest BCUT2D eigenvalue weighted by Crippen LogP contribution is 2.34. The summed E-state index contributed by atoms with van der Waals surface area (Å²) in [5, 5.41) is 2.47. The van der Waals surface area contributed by atoms with Gasteiger partial charge in [0.15, 0.2) is 0 Å². The quantitative estimate of drug-likeness (QED) is 0.773. The van der Waals surface area contributed by atoms with Gasteiger partial charge in [-0.25, -0.2) is 4.39 Å². The van der Waals surface area contributed by atoms with Gasteiger partial charge in [0.2, 0.25) is 0 Å². The average Bonchev–Trinajstić information content (AvgIpc) is 2.86. The molecule has 3 rings (SSSR count). The van der Waals surface area contributed by atoms with Crippen LogP contribution in [0.1, 0.15) is 30.1 Å². The number of nitrogens with one attached hydrogen (secondary N) is 1. The molecule has 18 heavy (non-hydrogen) atoms. The Hall–Kier alpha value is -1.91. The highest BCUT2D eigenvalue weighted by Gasteiger charge is 2.31. The van der Waals surface area contributed by atoms with Crippen molar-refractivity contribution >= 4 is 23.1 Å². The van der Waals surface area contributed by atoms with Crippen molar-refractivity contribution in [3.05, 3.63) is 23.5 Å². The predicted molar refractivity (Wildman–Crippen MR) is 65.4 cm³/mol. The molecule has 0 spiro atoms. The molecular weight excluding hydrogens is 235 g/mol. The molecule has 0 aliphatic carbocycles. The van der Waals surface area contributed by atoms with E-state index in [0.29, 0.717) is 11.4 Å². The first-order chi connectivity index (χ1) is 8.58. The average molecular weight is 248 g/mol. The summed E-state index contributed by atoms with van der Waals surface area (Å²) >= 11 is 0. The van der Waals surface area contributed by atoms with Crippen LogP contribution in [0.4, 0.5) is 15.8 Å². The van der Waals surface area contributed by atoms with Crippen molar-refractivity contribution in [2.75, 3.05) is 16.8 Å². The van der Waals surface area contributed by atoms with Gasteiger partial charge in [-0.1, -0.05) is 0 Å². The molecule has 2 aliphatic rings. The number of Topliss-reactive ketones (excluding diaryl/α,β-unsaturated/α-hetero) is 1. The van der Waals surface area contributed by atoms with Crippen LogP contribution in [0.5, 0.6) is 0 Å². The zero-order valence-corrected chi connectivity index (χ0v) is 10.00. The molecule has 2 heterocycles. The fourth-order valence-corrected chi connectivity index (χ4v) is 2.67. The second-order valence-electron chi connectivity index (χ2n) is 4.82. The lowest BCUT2D eigenvalue weighted by molar-refractivity contribution is -0.112. The lowest BCUT2D eigenvalue weighted by atomic mass is 10.1. The highest BCUT2D eigenvalue weighted by molar-refractivity contribution is 6.51. The van der Waals surface area contributed by atoms with Crippen molar-refractivity contribution < 1.29 is 14.0 Å². The van der Waals surface area contributed by atoms with Crippen LogP contribution in [-0.2, 0) is 4.79 Å². The lowest BCUT2D eigenvalue weighted by Crippen LogP contribution is -2.27. The fraction of sp³-hybridized carbons (Fsp3) is 0.385. The maximum absolute atomic E-state index is 14.0. The molecule has 1 atom stereocenters. The molecule has 4 nitrogen and oxygen atoms in total. The van der Waals surface area contributed by atoms with Gasteiger partial charge in [-0.05, 0) is 31.9 Å². The molecule has 0 radical (unpaired) electrons. The van der Waals surface area contributed by atoms with E-state index in [1.54, 1.807) is 6.07 Å². The minimum absolute atomic E-state index is 0.133. The summed E-state index contributed by atoms with van der Waals surface area (Å²) in [5.74, 6) is -1.78. The zero-order valence-electron chi connectivity index (χ0n) is 10.00. The Morgan fingerprint density at radius 3 is 2.83 bits per heavy atom. The Kier molecular flexibility index (Phi) is 2.36. The molecule has 1 aromatic carbocycles. The van der Waals surface area contributed by atoms with Crippen LogP contribution in [0.25, 0.3) is 0 Å². The number of ketones is 1. The Morgan fingerprint density at radius 1 is 1.39 bits per heavy atom. The predicted octanol–water partition coefficient (Wildman–Crippen LogP) is 1.95. The Bertz CT molecular complexity index is 556. The number of carbonyl (C=O) groups is 2. The number of rotatable bonds is 1. The fourth-order valence-electron chi connectivity index (χ4n) is 2.67. The van der Waals surface area contributed by atoms with Crippen molar-refractivity contribution in [3.8, 4) is 0 Å². The van der Waals surface area contributed by atoms with Gasteiger partial charge >= 0.3 is 0 Å². The molecule has 1 saturated heterocycles. The van der Waals surface area contributed by atoms with Gasteiger partial charge < -0.3 is 10.2 Å². The standard InChI is InChI=1S/C13H13FN2O2/c1-7-3-2-4-16(7)11-6-10-8(5-9(11)14)12(17)13(18)15-10/h5-7H,2-4H2,1H3,(H,15,17,18).